The van der Waals surface area contributed by atoms with Gasteiger partial charge in [-0.05, 0) is 31.7 Å². The molecule has 4 N–H and O–H groups in total. The molecule has 0 spiro atoms. The molecule has 0 aromatic heterocycles. The van der Waals surface area contributed by atoms with Crippen LogP contribution in [-0.2, 0) is 4.79 Å². The van der Waals surface area contributed by atoms with Crippen molar-refractivity contribution in [3.8, 4) is 0 Å². The molecule has 0 aliphatic heterocycles. The first-order valence-electron chi connectivity index (χ1n) is 5.81. The Bertz CT molecular complexity index is 463. The van der Waals surface area contributed by atoms with Gasteiger partial charge in [-0.2, -0.15) is 0 Å². The molecule has 0 radical (unpaired) electrons. The first kappa shape index (κ1) is 17.4. The zero-order valence-corrected chi connectivity index (χ0v) is 12.1. The van der Waals surface area contributed by atoms with Crippen molar-refractivity contribution in [2.45, 2.75) is 13.8 Å². The highest BCUT2D eigenvalue weighted by Crippen LogP contribution is 2.17. The van der Waals surface area contributed by atoms with Crippen molar-refractivity contribution in [2.75, 3.05) is 18.9 Å². The van der Waals surface area contributed by atoms with Gasteiger partial charge in [0.15, 0.2) is 0 Å². The maximum Gasteiger partial charge on any atom is 0.248 e. The van der Waals surface area contributed by atoms with Gasteiger partial charge in [-0.25, -0.2) is 0 Å². The zero-order chi connectivity index (χ0) is 13.7. The molecular weight excluding hydrogens is 266 g/mol. The van der Waals surface area contributed by atoms with Crippen LogP contribution < -0.4 is 16.4 Å². The molecule has 0 aliphatic rings. The molecule has 2 amide bonds. The molecule has 1 atom stereocenters. The van der Waals surface area contributed by atoms with Crippen molar-refractivity contribution in [1.29, 1.82) is 0 Å². The SMILES string of the molecule is CNCC(C)C(=O)Nc1cc(C(N)=O)ccc1C.Cl. The first-order valence-corrected chi connectivity index (χ1v) is 5.81. The van der Waals surface area contributed by atoms with Gasteiger partial charge in [0.2, 0.25) is 11.8 Å². The standard InChI is InChI=1S/C13H19N3O2.ClH/c1-8-4-5-10(12(14)17)6-11(8)16-13(18)9(2)7-15-3;/h4-6,9,15H,7H2,1-3H3,(H2,14,17)(H,16,18);1H. The van der Waals surface area contributed by atoms with Crippen LogP contribution in [0.2, 0.25) is 0 Å². The number of carbonyl (C=O) groups is 2. The van der Waals surface area contributed by atoms with Gasteiger partial charge in [-0.15, -0.1) is 12.4 Å². The summed E-state index contributed by atoms with van der Waals surface area (Å²) in [5.74, 6) is -0.741. The van der Waals surface area contributed by atoms with Crippen molar-refractivity contribution >= 4 is 29.9 Å². The number of nitrogens with two attached hydrogens (primary N) is 1. The van der Waals surface area contributed by atoms with Gasteiger partial charge < -0.3 is 16.4 Å². The van der Waals surface area contributed by atoms with E-state index in [1.54, 1.807) is 25.2 Å². The summed E-state index contributed by atoms with van der Waals surface area (Å²) >= 11 is 0. The third kappa shape index (κ3) is 4.89. The van der Waals surface area contributed by atoms with Crippen LogP contribution in [0.4, 0.5) is 5.69 Å². The molecule has 0 heterocycles. The maximum absolute atomic E-state index is 11.9. The lowest BCUT2D eigenvalue weighted by Gasteiger charge is -2.13. The monoisotopic (exact) mass is 285 g/mol. The van der Waals surface area contributed by atoms with E-state index in [0.717, 1.165) is 5.56 Å². The minimum atomic E-state index is -0.506. The third-order valence-corrected chi connectivity index (χ3v) is 2.74. The maximum atomic E-state index is 11.9. The number of hydrogen-bond donors (Lipinski definition) is 3. The fraction of sp³-hybridized carbons (Fsp3) is 0.385. The Morgan fingerprint density at radius 2 is 2.00 bits per heavy atom. The predicted octanol–water partition coefficient (Wildman–Crippen LogP) is 1.31. The van der Waals surface area contributed by atoms with Crippen molar-refractivity contribution in [2.24, 2.45) is 11.7 Å². The lowest BCUT2D eigenvalue weighted by atomic mass is 10.1. The average Bonchev–Trinajstić information content (AvgIpc) is 2.31. The fourth-order valence-corrected chi connectivity index (χ4v) is 1.56. The summed E-state index contributed by atoms with van der Waals surface area (Å²) in [7, 11) is 1.79. The Balaban J connectivity index is 0.00000324. The largest absolute Gasteiger partial charge is 0.366 e. The van der Waals surface area contributed by atoms with Crippen LogP contribution in [0.15, 0.2) is 18.2 Å². The molecular formula is C13H20ClN3O2. The van der Waals surface area contributed by atoms with Crippen LogP contribution in [0, 0.1) is 12.8 Å². The number of aryl methyl sites for hydroxylation is 1. The van der Waals surface area contributed by atoms with E-state index in [0.29, 0.717) is 17.8 Å². The number of amides is 2. The molecule has 1 rings (SSSR count). The number of anilines is 1. The summed E-state index contributed by atoms with van der Waals surface area (Å²) in [6.45, 7) is 4.29. The summed E-state index contributed by atoms with van der Waals surface area (Å²) < 4.78 is 0. The van der Waals surface area contributed by atoms with E-state index < -0.39 is 5.91 Å². The van der Waals surface area contributed by atoms with Crippen LogP contribution in [0.5, 0.6) is 0 Å². The Hall–Kier alpha value is -1.59. The molecule has 5 nitrogen and oxygen atoms in total. The molecule has 0 aliphatic carbocycles. The predicted molar refractivity (Wildman–Crippen MR) is 78.7 cm³/mol. The summed E-state index contributed by atoms with van der Waals surface area (Å²) in [6, 6.07) is 5.00. The van der Waals surface area contributed by atoms with Gasteiger partial charge in [0.05, 0.1) is 0 Å². The van der Waals surface area contributed by atoms with E-state index in [4.69, 9.17) is 5.73 Å². The van der Waals surface area contributed by atoms with Gasteiger partial charge in [-0.1, -0.05) is 13.0 Å². The number of nitrogens with one attached hydrogen (secondary N) is 2. The lowest BCUT2D eigenvalue weighted by molar-refractivity contribution is -0.119. The molecule has 0 saturated carbocycles. The van der Waals surface area contributed by atoms with Crippen LogP contribution >= 0.6 is 12.4 Å². The summed E-state index contributed by atoms with van der Waals surface area (Å²) in [6.07, 6.45) is 0. The fourth-order valence-electron chi connectivity index (χ4n) is 1.56. The van der Waals surface area contributed by atoms with Crippen LogP contribution in [0.3, 0.4) is 0 Å². The number of halogens is 1. The van der Waals surface area contributed by atoms with Gasteiger partial charge in [0, 0.05) is 23.7 Å². The summed E-state index contributed by atoms with van der Waals surface area (Å²) in [5.41, 5.74) is 7.11. The lowest BCUT2D eigenvalue weighted by Crippen LogP contribution is -2.29. The minimum Gasteiger partial charge on any atom is -0.366 e. The minimum absolute atomic E-state index is 0. The molecule has 6 heteroatoms. The highest BCUT2D eigenvalue weighted by molar-refractivity contribution is 5.97. The molecule has 0 fully saturated rings. The second-order valence-electron chi connectivity index (χ2n) is 4.34. The van der Waals surface area contributed by atoms with E-state index in [-0.39, 0.29) is 24.2 Å². The van der Waals surface area contributed by atoms with E-state index in [1.807, 2.05) is 13.8 Å². The average molecular weight is 286 g/mol. The smallest absolute Gasteiger partial charge is 0.248 e. The van der Waals surface area contributed by atoms with Gasteiger partial charge in [0.25, 0.3) is 0 Å². The van der Waals surface area contributed by atoms with E-state index >= 15 is 0 Å². The van der Waals surface area contributed by atoms with Crippen LogP contribution in [-0.4, -0.2) is 25.4 Å². The first-order chi connectivity index (χ1) is 8.45. The number of hydrogen-bond acceptors (Lipinski definition) is 3. The van der Waals surface area contributed by atoms with Crippen molar-refractivity contribution in [1.82, 2.24) is 5.32 Å². The number of carbonyl (C=O) groups excluding carboxylic acids is 2. The van der Waals surface area contributed by atoms with Crippen LogP contribution in [0.25, 0.3) is 0 Å². The van der Waals surface area contributed by atoms with Crippen molar-refractivity contribution in [3.05, 3.63) is 29.3 Å². The van der Waals surface area contributed by atoms with Crippen molar-refractivity contribution in [3.63, 3.8) is 0 Å². The number of primary amides is 1. The Kier molecular flexibility index (Phi) is 7.11. The van der Waals surface area contributed by atoms with Crippen molar-refractivity contribution < 1.29 is 9.59 Å². The second-order valence-corrected chi connectivity index (χ2v) is 4.34. The topological polar surface area (TPSA) is 84.2 Å². The molecule has 1 unspecified atom stereocenters. The Morgan fingerprint density at radius 3 is 2.53 bits per heavy atom. The third-order valence-electron chi connectivity index (χ3n) is 2.74. The van der Waals surface area contributed by atoms with Gasteiger partial charge in [0.1, 0.15) is 0 Å². The molecule has 0 saturated heterocycles. The van der Waals surface area contributed by atoms with E-state index in [9.17, 15) is 9.59 Å². The normalized spacial score (nSPS) is 11.3. The number of rotatable bonds is 5. The quantitative estimate of drug-likeness (QED) is 0.763. The molecule has 106 valence electrons. The Morgan fingerprint density at radius 1 is 1.37 bits per heavy atom. The van der Waals surface area contributed by atoms with Crippen LogP contribution in [0.1, 0.15) is 22.8 Å². The zero-order valence-electron chi connectivity index (χ0n) is 11.3. The van der Waals surface area contributed by atoms with Gasteiger partial charge >= 0.3 is 0 Å². The summed E-state index contributed by atoms with van der Waals surface area (Å²) in [4.78, 5) is 23.0. The molecule has 0 bridgehead atoms. The molecule has 19 heavy (non-hydrogen) atoms. The number of benzene rings is 1. The highest BCUT2D eigenvalue weighted by Gasteiger charge is 2.13. The van der Waals surface area contributed by atoms with E-state index in [2.05, 4.69) is 10.6 Å². The van der Waals surface area contributed by atoms with Gasteiger partial charge in [-0.3, -0.25) is 9.59 Å². The summed E-state index contributed by atoms with van der Waals surface area (Å²) in [5, 5.41) is 5.75. The second kappa shape index (κ2) is 7.76. The molecule has 1 aromatic carbocycles. The highest BCUT2D eigenvalue weighted by atomic mass is 35.5. The Labute approximate surface area is 119 Å². The molecule has 1 aromatic rings. The van der Waals surface area contributed by atoms with E-state index in [1.165, 1.54) is 0 Å².